The van der Waals surface area contributed by atoms with Crippen LogP contribution < -0.4 is 10.2 Å². The molecule has 0 atom stereocenters. The van der Waals surface area contributed by atoms with Gasteiger partial charge in [-0.15, -0.1) is 0 Å². The second kappa shape index (κ2) is 8.56. The van der Waals surface area contributed by atoms with Crippen LogP contribution in [0.15, 0.2) is 53.9 Å². The summed E-state index contributed by atoms with van der Waals surface area (Å²) in [6, 6.07) is 10.8. The second-order valence-electron chi connectivity index (χ2n) is 4.71. The summed E-state index contributed by atoms with van der Waals surface area (Å²) >= 11 is 0. The summed E-state index contributed by atoms with van der Waals surface area (Å²) in [6.07, 6.45) is 6.88. The molecule has 0 radical (unpaired) electrons. The molecule has 2 aromatic rings. The number of ether oxygens (including phenoxy) is 1. The minimum atomic E-state index is -0.266. The van der Waals surface area contributed by atoms with Crippen LogP contribution >= 0.6 is 0 Å². The highest BCUT2D eigenvalue weighted by Gasteiger charge is 2.01. The van der Waals surface area contributed by atoms with Crippen LogP contribution in [-0.4, -0.2) is 23.7 Å². The summed E-state index contributed by atoms with van der Waals surface area (Å²) in [6.45, 7) is 2.86. The fourth-order valence-corrected chi connectivity index (χ4v) is 1.72. The van der Waals surface area contributed by atoms with Crippen molar-refractivity contribution in [3.63, 3.8) is 0 Å². The van der Waals surface area contributed by atoms with E-state index in [1.807, 2.05) is 24.3 Å². The molecule has 1 heterocycles. The maximum Gasteiger partial charge on any atom is 0.271 e. The number of hydrogen-bond acceptors (Lipinski definition) is 4. The van der Waals surface area contributed by atoms with Crippen molar-refractivity contribution in [2.45, 2.75) is 19.8 Å². The summed E-state index contributed by atoms with van der Waals surface area (Å²) in [5, 5.41) is 3.94. The number of hydrogen-bond donors (Lipinski definition) is 1. The van der Waals surface area contributed by atoms with Gasteiger partial charge in [0.05, 0.1) is 12.8 Å². The van der Waals surface area contributed by atoms with E-state index in [0.717, 1.165) is 30.8 Å². The quantitative estimate of drug-likeness (QED) is 0.485. The maximum absolute atomic E-state index is 11.8. The highest BCUT2D eigenvalue weighted by molar-refractivity contribution is 5.94. The molecule has 1 aromatic heterocycles. The van der Waals surface area contributed by atoms with Crippen LogP contribution in [0.2, 0.25) is 0 Å². The molecule has 5 heteroatoms. The van der Waals surface area contributed by atoms with Crippen LogP contribution in [0.1, 0.15) is 35.7 Å². The van der Waals surface area contributed by atoms with Gasteiger partial charge in [0.2, 0.25) is 0 Å². The molecule has 0 saturated carbocycles. The van der Waals surface area contributed by atoms with Crippen LogP contribution in [0.3, 0.4) is 0 Å². The van der Waals surface area contributed by atoms with Crippen LogP contribution in [0.5, 0.6) is 5.75 Å². The van der Waals surface area contributed by atoms with Gasteiger partial charge in [-0.1, -0.05) is 13.3 Å². The normalized spacial score (nSPS) is 10.6. The molecule has 22 heavy (non-hydrogen) atoms. The lowest BCUT2D eigenvalue weighted by Gasteiger charge is -2.04. The third kappa shape index (κ3) is 5.01. The fraction of sp³-hybridized carbons (Fsp3) is 0.235. The lowest BCUT2D eigenvalue weighted by Crippen LogP contribution is -2.17. The van der Waals surface area contributed by atoms with Gasteiger partial charge in [0.15, 0.2) is 0 Å². The Morgan fingerprint density at radius 1 is 1.23 bits per heavy atom. The molecule has 1 N–H and O–H groups in total. The average Bonchev–Trinajstić information content (AvgIpc) is 2.57. The monoisotopic (exact) mass is 297 g/mol. The van der Waals surface area contributed by atoms with E-state index < -0.39 is 0 Å². The Labute approximate surface area is 130 Å². The van der Waals surface area contributed by atoms with E-state index in [-0.39, 0.29) is 5.91 Å². The van der Waals surface area contributed by atoms with E-state index in [9.17, 15) is 4.79 Å². The largest absolute Gasteiger partial charge is 0.494 e. The molecule has 0 fully saturated rings. The number of rotatable bonds is 7. The van der Waals surface area contributed by atoms with Crippen LogP contribution in [0, 0.1) is 0 Å². The molecule has 0 saturated heterocycles. The summed E-state index contributed by atoms with van der Waals surface area (Å²) < 4.78 is 5.58. The van der Waals surface area contributed by atoms with Crippen LogP contribution in [-0.2, 0) is 0 Å². The fourth-order valence-electron chi connectivity index (χ4n) is 1.72. The zero-order chi connectivity index (χ0) is 15.6. The maximum atomic E-state index is 11.8. The minimum absolute atomic E-state index is 0.266. The summed E-state index contributed by atoms with van der Waals surface area (Å²) in [5.74, 6) is 0.574. The lowest BCUT2D eigenvalue weighted by molar-refractivity contribution is 0.0955. The second-order valence-corrected chi connectivity index (χ2v) is 4.71. The third-order valence-corrected chi connectivity index (χ3v) is 2.97. The number of nitrogens with one attached hydrogen (secondary N) is 1. The van der Waals surface area contributed by atoms with Gasteiger partial charge in [-0.2, -0.15) is 5.10 Å². The molecule has 0 aliphatic rings. The number of unbranched alkanes of at least 4 members (excludes halogenated alkanes) is 1. The van der Waals surface area contributed by atoms with E-state index in [2.05, 4.69) is 22.4 Å². The molecule has 0 aliphatic carbocycles. The number of pyridine rings is 1. The molecule has 0 unspecified atom stereocenters. The van der Waals surface area contributed by atoms with Crippen LogP contribution in [0.25, 0.3) is 0 Å². The number of amides is 1. The smallest absolute Gasteiger partial charge is 0.271 e. The van der Waals surface area contributed by atoms with Crippen molar-refractivity contribution in [2.75, 3.05) is 6.61 Å². The van der Waals surface area contributed by atoms with Crippen molar-refractivity contribution in [1.82, 2.24) is 10.4 Å². The van der Waals surface area contributed by atoms with Gasteiger partial charge < -0.3 is 4.74 Å². The number of carbonyl (C=O) groups is 1. The Morgan fingerprint density at radius 3 is 2.64 bits per heavy atom. The Balaban J connectivity index is 1.84. The SMILES string of the molecule is CCCCOc1ccc(/C=N/NC(=O)c2ccncc2)cc1. The highest BCUT2D eigenvalue weighted by atomic mass is 16.5. The predicted molar refractivity (Wildman–Crippen MR) is 86.1 cm³/mol. The topological polar surface area (TPSA) is 63.6 Å². The third-order valence-electron chi connectivity index (χ3n) is 2.97. The molecular weight excluding hydrogens is 278 g/mol. The zero-order valence-electron chi connectivity index (χ0n) is 12.5. The molecular formula is C17H19N3O2. The first kappa shape index (κ1) is 15.7. The number of hydrazone groups is 1. The molecule has 5 nitrogen and oxygen atoms in total. The van der Waals surface area contributed by atoms with Crippen LogP contribution in [0.4, 0.5) is 0 Å². The Kier molecular flexibility index (Phi) is 6.11. The van der Waals surface area contributed by atoms with Gasteiger partial charge in [-0.25, -0.2) is 5.43 Å². The first-order valence-corrected chi connectivity index (χ1v) is 7.26. The Bertz CT molecular complexity index is 610. The molecule has 1 amide bonds. The van der Waals surface area contributed by atoms with Gasteiger partial charge >= 0.3 is 0 Å². The molecule has 114 valence electrons. The summed E-state index contributed by atoms with van der Waals surface area (Å²) in [5.41, 5.74) is 3.88. The van der Waals surface area contributed by atoms with Crippen molar-refractivity contribution in [3.05, 3.63) is 59.9 Å². The number of nitrogens with zero attached hydrogens (tertiary/aromatic N) is 2. The zero-order valence-corrected chi connectivity index (χ0v) is 12.5. The van der Waals surface area contributed by atoms with E-state index in [1.165, 1.54) is 0 Å². The van der Waals surface area contributed by atoms with Gasteiger partial charge in [-0.05, 0) is 48.4 Å². The van der Waals surface area contributed by atoms with Crippen molar-refractivity contribution in [1.29, 1.82) is 0 Å². The summed E-state index contributed by atoms with van der Waals surface area (Å²) in [7, 11) is 0. The van der Waals surface area contributed by atoms with Gasteiger partial charge in [-0.3, -0.25) is 9.78 Å². The molecule has 1 aromatic carbocycles. The lowest BCUT2D eigenvalue weighted by atomic mass is 10.2. The van der Waals surface area contributed by atoms with Gasteiger partial charge in [0.1, 0.15) is 5.75 Å². The van der Waals surface area contributed by atoms with Crippen molar-refractivity contribution >= 4 is 12.1 Å². The van der Waals surface area contributed by atoms with Crippen molar-refractivity contribution < 1.29 is 9.53 Å². The first-order valence-electron chi connectivity index (χ1n) is 7.26. The van der Waals surface area contributed by atoms with Gasteiger partial charge in [0, 0.05) is 18.0 Å². The summed E-state index contributed by atoms with van der Waals surface area (Å²) in [4.78, 5) is 15.6. The number of benzene rings is 1. The van der Waals surface area contributed by atoms with Gasteiger partial charge in [0.25, 0.3) is 5.91 Å². The van der Waals surface area contributed by atoms with E-state index in [0.29, 0.717) is 5.56 Å². The molecule has 0 bridgehead atoms. The minimum Gasteiger partial charge on any atom is -0.494 e. The molecule has 0 spiro atoms. The van der Waals surface area contributed by atoms with Crippen molar-refractivity contribution in [3.8, 4) is 5.75 Å². The highest BCUT2D eigenvalue weighted by Crippen LogP contribution is 2.11. The molecule has 2 rings (SSSR count). The standard InChI is InChI=1S/C17H19N3O2/c1-2-3-12-22-16-6-4-14(5-7-16)13-19-20-17(21)15-8-10-18-11-9-15/h4-11,13H,2-3,12H2,1H3,(H,20,21)/b19-13+. The van der Waals surface area contributed by atoms with E-state index in [4.69, 9.17) is 4.74 Å². The Hall–Kier alpha value is -2.69. The van der Waals surface area contributed by atoms with Crippen molar-refractivity contribution in [2.24, 2.45) is 5.10 Å². The predicted octanol–water partition coefficient (Wildman–Crippen LogP) is 3.02. The van der Waals surface area contributed by atoms with E-state index >= 15 is 0 Å². The number of carbonyl (C=O) groups excluding carboxylic acids is 1. The average molecular weight is 297 g/mol. The number of aromatic nitrogens is 1. The Morgan fingerprint density at radius 2 is 1.95 bits per heavy atom. The first-order chi connectivity index (χ1) is 10.8. The van der Waals surface area contributed by atoms with E-state index in [1.54, 1.807) is 30.7 Å². The molecule has 0 aliphatic heterocycles.